The van der Waals surface area contributed by atoms with Gasteiger partial charge in [0.15, 0.2) is 24.6 Å². The lowest BCUT2D eigenvalue weighted by Gasteiger charge is -2.44. The second kappa shape index (κ2) is 13.9. The van der Waals surface area contributed by atoms with E-state index in [1.807, 2.05) is 0 Å². The van der Waals surface area contributed by atoms with Crippen molar-refractivity contribution in [1.29, 1.82) is 0 Å². The third kappa shape index (κ3) is 10.0. The molecule has 1 heterocycles. The summed E-state index contributed by atoms with van der Waals surface area (Å²) in [7, 11) is 1.54. The Kier molecular flexibility index (Phi) is 12.0. The Labute approximate surface area is 180 Å². The van der Waals surface area contributed by atoms with E-state index in [0.29, 0.717) is 13.2 Å². The summed E-state index contributed by atoms with van der Waals surface area (Å²) in [6.45, 7) is 5.29. The molecule has 178 valence electrons. The minimum Gasteiger partial charge on any atom is -0.463 e. The summed E-state index contributed by atoms with van der Waals surface area (Å²) >= 11 is 0. The van der Waals surface area contributed by atoms with E-state index in [1.54, 1.807) is 0 Å². The van der Waals surface area contributed by atoms with Crippen molar-refractivity contribution in [3.63, 3.8) is 0 Å². The summed E-state index contributed by atoms with van der Waals surface area (Å²) in [6.07, 6.45) is -6.00. The number of hydrogen-bond acceptors (Lipinski definition) is 12. The highest BCUT2D eigenvalue weighted by Gasteiger charge is 2.52. The molecule has 1 unspecified atom stereocenters. The van der Waals surface area contributed by atoms with Gasteiger partial charge in [-0.3, -0.25) is 19.2 Å². The molecule has 0 N–H and O–H groups in total. The predicted octanol–water partition coefficient (Wildman–Crippen LogP) is -0.251. The molecule has 1 rings (SSSR count). The first-order chi connectivity index (χ1) is 14.6. The fourth-order valence-corrected chi connectivity index (χ4v) is 2.79. The van der Waals surface area contributed by atoms with Crippen molar-refractivity contribution < 1.29 is 57.1 Å². The van der Waals surface area contributed by atoms with Crippen LogP contribution in [-0.4, -0.2) is 94.7 Å². The quantitative estimate of drug-likeness (QED) is 0.220. The Morgan fingerprint density at radius 2 is 1.26 bits per heavy atom. The van der Waals surface area contributed by atoms with Crippen LogP contribution in [0.3, 0.4) is 0 Å². The molecular weight excluding hydrogens is 420 g/mol. The molecule has 0 radical (unpaired) electrons. The van der Waals surface area contributed by atoms with Crippen molar-refractivity contribution in [2.75, 3.05) is 40.1 Å². The molecule has 1 fully saturated rings. The molecule has 12 nitrogen and oxygen atoms in total. The topological polar surface area (TPSA) is 142 Å². The number of methoxy groups -OCH3 is 1. The predicted molar refractivity (Wildman–Crippen MR) is 101 cm³/mol. The lowest BCUT2D eigenvalue weighted by molar-refractivity contribution is -0.309. The van der Waals surface area contributed by atoms with Gasteiger partial charge >= 0.3 is 23.9 Å². The van der Waals surface area contributed by atoms with Crippen LogP contribution < -0.4 is 0 Å². The first-order valence-electron chi connectivity index (χ1n) is 9.64. The summed E-state index contributed by atoms with van der Waals surface area (Å²) in [4.78, 5) is 46.3. The van der Waals surface area contributed by atoms with Crippen LogP contribution in [0.5, 0.6) is 0 Å². The van der Waals surface area contributed by atoms with Gasteiger partial charge in [-0.2, -0.15) is 0 Å². The first kappa shape index (κ1) is 26.8. The van der Waals surface area contributed by atoms with Crippen LogP contribution in [0.1, 0.15) is 27.7 Å². The van der Waals surface area contributed by atoms with Crippen LogP contribution in [0, 0.1) is 0 Å². The van der Waals surface area contributed by atoms with Crippen LogP contribution in [0.4, 0.5) is 0 Å². The van der Waals surface area contributed by atoms with Crippen molar-refractivity contribution in [3.8, 4) is 0 Å². The van der Waals surface area contributed by atoms with Crippen LogP contribution in [0.25, 0.3) is 0 Å². The van der Waals surface area contributed by atoms with Gasteiger partial charge in [-0.05, 0) is 0 Å². The maximum atomic E-state index is 11.7. The Morgan fingerprint density at radius 3 is 1.81 bits per heavy atom. The lowest BCUT2D eigenvalue weighted by atomic mass is 9.98. The van der Waals surface area contributed by atoms with E-state index in [4.69, 9.17) is 37.9 Å². The maximum Gasteiger partial charge on any atom is 0.303 e. The van der Waals surface area contributed by atoms with Crippen molar-refractivity contribution in [2.24, 2.45) is 0 Å². The van der Waals surface area contributed by atoms with E-state index < -0.39 is 54.6 Å². The number of esters is 4. The molecule has 5 atom stereocenters. The Morgan fingerprint density at radius 1 is 0.710 bits per heavy atom. The molecule has 1 aliphatic rings. The standard InChI is InChI=1S/C19H30O12/c1-11(20)27-10-15-16(28-12(2)21)17(29-13(3)22)18(30-14(4)23)19(31-15)26-9-8-25-7-6-24-5/h15-19H,6-10H2,1-5H3/t15-,16-,17+,18-,19?/m1/s1. The van der Waals surface area contributed by atoms with E-state index in [1.165, 1.54) is 14.0 Å². The molecule has 1 saturated heterocycles. The third-order valence-electron chi connectivity index (χ3n) is 3.89. The van der Waals surface area contributed by atoms with Gasteiger partial charge in [0.25, 0.3) is 0 Å². The van der Waals surface area contributed by atoms with Crippen LogP contribution in [0.15, 0.2) is 0 Å². The molecule has 12 heteroatoms. The van der Waals surface area contributed by atoms with Gasteiger partial charge < -0.3 is 37.9 Å². The van der Waals surface area contributed by atoms with E-state index in [2.05, 4.69) is 0 Å². The Balaban J connectivity index is 3.07. The highest BCUT2D eigenvalue weighted by molar-refractivity contribution is 5.68. The SMILES string of the molecule is COCCOCCOC1O[C@H](COC(C)=O)[C@@H](OC(C)=O)[C@H](OC(C)=O)[C@H]1OC(C)=O. The molecule has 0 saturated carbocycles. The largest absolute Gasteiger partial charge is 0.463 e. The third-order valence-corrected chi connectivity index (χ3v) is 3.89. The average molecular weight is 450 g/mol. The molecular formula is C19H30O12. The van der Waals surface area contributed by atoms with Crippen molar-refractivity contribution >= 4 is 23.9 Å². The summed E-state index contributed by atoms with van der Waals surface area (Å²) in [5, 5.41) is 0. The summed E-state index contributed by atoms with van der Waals surface area (Å²) < 4.78 is 42.4. The van der Waals surface area contributed by atoms with E-state index >= 15 is 0 Å². The first-order valence-corrected chi connectivity index (χ1v) is 9.64. The van der Waals surface area contributed by atoms with Gasteiger partial charge in [0, 0.05) is 34.8 Å². The zero-order valence-electron chi connectivity index (χ0n) is 18.3. The van der Waals surface area contributed by atoms with Crippen LogP contribution >= 0.6 is 0 Å². The fraction of sp³-hybridized carbons (Fsp3) is 0.789. The smallest absolute Gasteiger partial charge is 0.303 e. The van der Waals surface area contributed by atoms with E-state index in [-0.39, 0.29) is 19.8 Å². The molecule has 0 aromatic carbocycles. The molecule has 1 aliphatic heterocycles. The summed E-state index contributed by atoms with van der Waals surface area (Å²) in [6, 6.07) is 0. The Hall–Kier alpha value is -2.28. The number of rotatable bonds is 12. The molecule has 0 aromatic heterocycles. The zero-order chi connectivity index (χ0) is 23.4. The fourth-order valence-electron chi connectivity index (χ4n) is 2.79. The normalized spacial score (nSPS) is 25.4. The van der Waals surface area contributed by atoms with E-state index in [9.17, 15) is 19.2 Å². The minimum atomic E-state index is -1.26. The van der Waals surface area contributed by atoms with Gasteiger partial charge in [-0.25, -0.2) is 0 Å². The van der Waals surface area contributed by atoms with Gasteiger partial charge in [0.05, 0.1) is 26.4 Å². The molecule has 31 heavy (non-hydrogen) atoms. The lowest BCUT2D eigenvalue weighted by Crippen LogP contribution is -2.63. The molecule has 0 amide bonds. The van der Waals surface area contributed by atoms with Gasteiger partial charge in [0.1, 0.15) is 12.7 Å². The van der Waals surface area contributed by atoms with Crippen LogP contribution in [-0.2, 0) is 57.1 Å². The highest BCUT2D eigenvalue weighted by Crippen LogP contribution is 2.29. The zero-order valence-corrected chi connectivity index (χ0v) is 18.3. The highest BCUT2D eigenvalue weighted by atomic mass is 16.7. The monoisotopic (exact) mass is 450 g/mol. The average Bonchev–Trinajstić information content (AvgIpc) is 2.66. The second-order valence-electron chi connectivity index (χ2n) is 6.54. The second-order valence-corrected chi connectivity index (χ2v) is 6.54. The summed E-state index contributed by atoms with van der Waals surface area (Å²) in [5.41, 5.74) is 0. The molecule has 0 aromatic rings. The van der Waals surface area contributed by atoms with Crippen molar-refractivity contribution in [2.45, 2.75) is 58.4 Å². The number of hydrogen-bond donors (Lipinski definition) is 0. The van der Waals surface area contributed by atoms with Crippen molar-refractivity contribution in [1.82, 2.24) is 0 Å². The summed E-state index contributed by atoms with van der Waals surface area (Å²) in [5.74, 6) is -2.71. The maximum absolute atomic E-state index is 11.7. The molecule has 0 bridgehead atoms. The number of carbonyl (C=O) groups is 4. The number of ether oxygens (including phenoxy) is 8. The number of carbonyl (C=O) groups excluding carboxylic acids is 4. The Bertz CT molecular complexity index is 607. The van der Waals surface area contributed by atoms with Crippen molar-refractivity contribution in [3.05, 3.63) is 0 Å². The minimum absolute atomic E-state index is 0.0391. The van der Waals surface area contributed by atoms with E-state index in [0.717, 1.165) is 20.8 Å². The van der Waals surface area contributed by atoms with Gasteiger partial charge in [-0.1, -0.05) is 0 Å². The van der Waals surface area contributed by atoms with Gasteiger partial charge in [-0.15, -0.1) is 0 Å². The molecule has 0 spiro atoms. The van der Waals surface area contributed by atoms with Crippen LogP contribution in [0.2, 0.25) is 0 Å². The van der Waals surface area contributed by atoms with Gasteiger partial charge in [0.2, 0.25) is 0 Å². The molecule has 0 aliphatic carbocycles.